The van der Waals surface area contributed by atoms with Crippen molar-refractivity contribution in [1.29, 1.82) is 0 Å². The quantitative estimate of drug-likeness (QED) is 0.509. The van der Waals surface area contributed by atoms with Crippen LogP contribution in [0.5, 0.6) is 0 Å². The summed E-state index contributed by atoms with van der Waals surface area (Å²) in [5, 5.41) is 2.92. The van der Waals surface area contributed by atoms with Crippen LogP contribution in [0, 0.1) is 20.8 Å². The SMILES string of the molecule is Cc1ccc(C(=O)Nc2ccc(Cc3nc4cc(C)c(C)cc4o3)cc2)cc1. The Hall–Kier alpha value is -3.40. The number of hydrogen-bond donors (Lipinski definition) is 1. The first-order chi connectivity index (χ1) is 13.5. The van der Waals surface area contributed by atoms with Crippen LogP contribution in [0.1, 0.15) is 38.5 Å². The number of anilines is 1. The highest BCUT2D eigenvalue weighted by atomic mass is 16.3. The number of amides is 1. The Labute approximate surface area is 164 Å². The highest BCUT2D eigenvalue weighted by Gasteiger charge is 2.09. The number of hydrogen-bond acceptors (Lipinski definition) is 3. The lowest BCUT2D eigenvalue weighted by molar-refractivity contribution is 0.102. The van der Waals surface area contributed by atoms with Crippen molar-refractivity contribution in [2.75, 3.05) is 5.32 Å². The predicted octanol–water partition coefficient (Wildman–Crippen LogP) is 5.60. The molecule has 0 aliphatic heterocycles. The zero-order valence-corrected chi connectivity index (χ0v) is 16.2. The van der Waals surface area contributed by atoms with Crippen LogP contribution in [0.4, 0.5) is 5.69 Å². The molecule has 1 aromatic heterocycles. The maximum Gasteiger partial charge on any atom is 0.255 e. The van der Waals surface area contributed by atoms with E-state index in [1.807, 2.05) is 61.5 Å². The smallest absolute Gasteiger partial charge is 0.255 e. The topological polar surface area (TPSA) is 55.1 Å². The molecule has 0 saturated carbocycles. The Morgan fingerprint density at radius 1 is 0.929 bits per heavy atom. The number of aryl methyl sites for hydroxylation is 3. The molecule has 28 heavy (non-hydrogen) atoms. The van der Waals surface area contributed by atoms with Crippen LogP contribution in [-0.2, 0) is 6.42 Å². The molecular weight excluding hydrogens is 348 g/mol. The van der Waals surface area contributed by atoms with Gasteiger partial charge in [0.25, 0.3) is 5.91 Å². The molecule has 4 heteroatoms. The monoisotopic (exact) mass is 370 g/mol. The molecule has 1 N–H and O–H groups in total. The zero-order valence-electron chi connectivity index (χ0n) is 16.2. The molecule has 4 nitrogen and oxygen atoms in total. The van der Waals surface area contributed by atoms with Gasteiger partial charge in [0.05, 0.1) is 0 Å². The molecule has 4 aromatic rings. The lowest BCUT2D eigenvalue weighted by Crippen LogP contribution is -2.11. The standard InChI is InChI=1S/C24H22N2O2/c1-15-4-8-19(9-5-15)24(27)25-20-10-6-18(7-11-20)14-23-26-21-12-16(2)17(3)13-22(21)28-23/h4-13H,14H2,1-3H3,(H,25,27). The van der Waals surface area contributed by atoms with E-state index in [1.54, 1.807) is 0 Å². The van der Waals surface area contributed by atoms with Gasteiger partial charge in [-0.1, -0.05) is 29.8 Å². The Kier molecular flexibility index (Phi) is 4.70. The summed E-state index contributed by atoms with van der Waals surface area (Å²) in [7, 11) is 0. The Bertz CT molecular complexity index is 1100. The summed E-state index contributed by atoms with van der Waals surface area (Å²) in [6, 6.07) is 19.4. The fourth-order valence-corrected chi connectivity index (χ4v) is 3.09. The molecule has 0 radical (unpaired) electrons. The van der Waals surface area contributed by atoms with E-state index in [2.05, 4.69) is 30.2 Å². The van der Waals surface area contributed by atoms with Crippen LogP contribution in [0.15, 0.2) is 65.1 Å². The number of fused-ring (bicyclic) bond motifs is 1. The van der Waals surface area contributed by atoms with Gasteiger partial charge in [-0.2, -0.15) is 0 Å². The summed E-state index contributed by atoms with van der Waals surface area (Å²) in [5.74, 6) is 0.578. The molecule has 0 atom stereocenters. The molecule has 0 bridgehead atoms. The first-order valence-electron chi connectivity index (χ1n) is 9.31. The second-order valence-electron chi connectivity index (χ2n) is 7.21. The van der Waals surface area contributed by atoms with Crippen molar-refractivity contribution in [3.8, 4) is 0 Å². The van der Waals surface area contributed by atoms with Crippen molar-refractivity contribution < 1.29 is 9.21 Å². The van der Waals surface area contributed by atoms with E-state index in [-0.39, 0.29) is 5.91 Å². The van der Waals surface area contributed by atoms with E-state index in [9.17, 15) is 4.79 Å². The number of rotatable bonds is 4. The van der Waals surface area contributed by atoms with E-state index in [4.69, 9.17) is 4.42 Å². The third-order valence-corrected chi connectivity index (χ3v) is 4.93. The second-order valence-corrected chi connectivity index (χ2v) is 7.21. The van der Waals surface area contributed by atoms with Gasteiger partial charge < -0.3 is 9.73 Å². The van der Waals surface area contributed by atoms with Crippen molar-refractivity contribution >= 4 is 22.7 Å². The minimum Gasteiger partial charge on any atom is -0.440 e. The van der Waals surface area contributed by atoms with Crippen LogP contribution in [0.2, 0.25) is 0 Å². The zero-order chi connectivity index (χ0) is 19.7. The molecule has 0 aliphatic carbocycles. The van der Waals surface area contributed by atoms with E-state index in [0.29, 0.717) is 17.9 Å². The minimum atomic E-state index is -0.113. The van der Waals surface area contributed by atoms with Gasteiger partial charge in [-0.05, 0) is 73.9 Å². The van der Waals surface area contributed by atoms with E-state index >= 15 is 0 Å². The van der Waals surface area contributed by atoms with E-state index < -0.39 is 0 Å². The fraction of sp³-hybridized carbons (Fsp3) is 0.167. The van der Waals surface area contributed by atoms with Gasteiger partial charge in [0, 0.05) is 17.7 Å². The highest BCUT2D eigenvalue weighted by molar-refractivity contribution is 6.04. The average molecular weight is 370 g/mol. The third kappa shape index (κ3) is 3.81. The highest BCUT2D eigenvalue weighted by Crippen LogP contribution is 2.22. The Morgan fingerprint density at radius 3 is 2.32 bits per heavy atom. The number of aromatic nitrogens is 1. The van der Waals surface area contributed by atoms with Crippen LogP contribution >= 0.6 is 0 Å². The van der Waals surface area contributed by atoms with Crippen LogP contribution in [0.25, 0.3) is 11.1 Å². The molecule has 0 saturated heterocycles. The van der Waals surface area contributed by atoms with Crippen molar-refractivity contribution in [3.63, 3.8) is 0 Å². The van der Waals surface area contributed by atoms with Crippen LogP contribution < -0.4 is 5.32 Å². The third-order valence-electron chi connectivity index (χ3n) is 4.93. The van der Waals surface area contributed by atoms with E-state index in [1.165, 1.54) is 11.1 Å². The van der Waals surface area contributed by atoms with Gasteiger partial charge in [0.1, 0.15) is 5.52 Å². The van der Waals surface area contributed by atoms with Crippen LogP contribution in [0.3, 0.4) is 0 Å². The first-order valence-corrected chi connectivity index (χ1v) is 9.31. The molecule has 0 unspecified atom stereocenters. The summed E-state index contributed by atoms with van der Waals surface area (Å²) < 4.78 is 5.89. The molecular formula is C24H22N2O2. The lowest BCUT2D eigenvalue weighted by Gasteiger charge is -2.06. The summed E-state index contributed by atoms with van der Waals surface area (Å²) in [4.78, 5) is 16.9. The van der Waals surface area contributed by atoms with Crippen molar-refractivity contribution in [3.05, 3.63) is 94.4 Å². The predicted molar refractivity (Wildman–Crippen MR) is 112 cm³/mol. The Morgan fingerprint density at radius 2 is 1.61 bits per heavy atom. The molecule has 1 amide bonds. The summed E-state index contributed by atoms with van der Waals surface area (Å²) in [5.41, 5.74) is 7.73. The van der Waals surface area contributed by atoms with Crippen molar-refractivity contribution in [1.82, 2.24) is 4.98 Å². The number of carbonyl (C=O) groups is 1. The maximum atomic E-state index is 12.3. The normalized spacial score (nSPS) is 11.0. The number of benzene rings is 3. The number of nitrogens with one attached hydrogen (secondary N) is 1. The fourth-order valence-electron chi connectivity index (χ4n) is 3.09. The lowest BCUT2D eigenvalue weighted by atomic mass is 10.1. The number of oxazole rings is 1. The first kappa shape index (κ1) is 18.0. The molecule has 0 spiro atoms. The van der Waals surface area contributed by atoms with Gasteiger partial charge in [0.2, 0.25) is 0 Å². The van der Waals surface area contributed by atoms with Crippen LogP contribution in [-0.4, -0.2) is 10.9 Å². The minimum absolute atomic E-state index is 0.113. The van der Waals surface area contributed by atoms with Gasteiger partial charge in [-0.15, -0.1) is 0 Å². The Balaban J connectivity index is 1.46. The summed E-state index contributed by atoms with van der Waals surface area (Å²) in [6.45, 7) is 6.15. The molecule has 0 aliphatic rings. The molecule has 3 aromatic carbocycles. The van der Waals surface area contributed by atoms with Gasteiger partial charge in [-0.25, -0.2) is 4.98 Å². The van der Waals surface area contributed by atoms with Gasteiger partial charge >= 0.3 is 0 Å². The van der Waals surface area contributed by atoms with Crippen molar-refractivity contribution in [2.24, 2.45) is 0 Å². The van der Waals surface area contributed by atoms with Gasteiger partial charge in [-0.3, -0.25) is 4.79 Å². The maximum absolute atomic E-state index is 12.3. The van der Waals surface area contributed by atoms with Crippen molar-refractivity contribution in [2.45, 2.75) is 27.2 Å². The second kappa shape index (κ2) is 7.31. The molecule has 1 heterocycles. The largest absolute Gasteiger partial charge is 0.440 e. The molecule has 4 rings (SSSR count). The van der Waals surface area contributed by atoms with E-state index in [0.717, 1.165) is 27.9 Å². The summed E-state index contributed by atoms with van der Waals surface area (Å²) >= 11 is 0. The molecule has 140 valence electrons. The number of nitrogens with zero attached hydrogens (tertiary/aromatic N) is 1. The molecule has 0 fully saturated rings. The van der Waals surface area contributed by atoms with Gasteiger partial charge in [0.15, 0.2) is 11.5 Å². The number of carbonyl (C=O) groups excluding carboxylic acids is 1. The average Bonchev–Trinajstić information content (AvgIpc) is 3.05. The summed E-state index contributed by atoms with van der Waals surface area (Å²) in [6.07, 6.45) is 0.610.